The van der Waals surface area contributed by atoms with Crippen molar-refractivity contribution < 1.29 is 18.9 Å². The number of hydrogen-bond acceptors (Lipinski definition) is 3. The van der Waals surface area contributed by atoms with Gasteiger partial charge in [-0.15, -0.1) is 0 Å². The number of primary amides is 1. The molecule has 0 saturated heterocycles. The van der Waals surface area contributed by atoms with Gasteiger partial charge in [-0.05, 0) is 5.92 Å². The van der Waals surface area contributed by atoms with E-state index >= 15 is 0 Å². The van der Waals surface area contributed by atoms with E-state index in [1.54, 1.807) is 29.1 Å². The predicted octanol–water partition coefficient (Wildman–Crippen LogP) is 0.413. The van der Waals surface area contributed by atoms with Crippen molar-refractivity contribution in [1.29, 1.82) is 0 Å². The monoisotopic (exact) mass is 252 g/mol. The molecule has 3 N–H and O–H groups in total. The summed E-state index contributed by atoms with van der Waals surface area (Å²) < 4.78 is 6.21. The molecule has 0 aromatic carbocycles. The lowest BCUT2D eigenvalue weighted by molar-refractivity contribution is -0.727. The van der Waals surface area contributed by atoms with Gasteiger partial charge in [0.25, 0.3) is 12.6 Å². The molecule has 2 amide bonds. The van der Waals surface area contributed by atoms with Crippen LogP contribution >= 0.6 is 0 Å². The summed E-state index contributed by atoms with van der Waals surface area (Å²) >= 11 is 0. The third-order valence-corrected chi connectivity index (χ3v) is 2.18. The average molecular weight is 252 g/mol. The lowest BCUT2D eigenvalue weighted by Gasteiger charge is -2.06. The molecule has 1 aromatic rings. The Morgan fingerprint density at radius 2 is 2.00 bits per heavy atom. The molecule has 0 radical (unpaired) electrons. The van der Waals surface area contributed by atoms with E-state index in [9.17, 15) is 9.59 Å². The average Bonchev–Trinajstić information content (AvgIpc) is 2.34. The van der Waals surface area contributed by atoms with Crippen LogP contribution in [0.25, 0.3) is 0 Å². The van der Waals surface area contributed by atoms with Crippen LogP contribution in [0.4, 0.5) is 4.79 Å². The van der Waals surface area contributed by atoms with Crippen molar-refractivity contribution in [2.45, 2.75) is 20.6 Å². The van der Waals surface area contributed by atoms with Crippen LogP contribution < -0.4 is 15.6 Å². The highest BCUT2D eigenvalue weighted by Gasteiger charge is 2.09. The van der Waals surface area contributed by atoms with Crippen molar-refractivity contribution in [3.63, 3.8) is 0 Å². The fourth-order valence-electron chi connectivity index (χ4n) is 1.23. The summed E-state index contributed by atoms with van der Waals surface area (Å²) in [6, 6.07) is 3.31. The second-order valence-electron chi connectivity index (χ2n) is 4.30. The number of carbonyl (C=O) groups excluding carboxylic acids is 2. The number of hydrogen-bond donors (Lipinski definition) is 2. The molecule has 0 aliphatic carbocycles. The first-order valence-electron chi connectivity index (χ1n) is 5.68. The smallest absolute Gasteiger partial charge is 0.389 e. The molecule has 0 spiro atoms. The van der Waals surface area contributed by atoms with Gasteiger partial charge in [0.05, 0.1) is 5.56 Å². The van der Waals surface area contributed by atoms with Crippen molar-refractivity contribution in [2.75, 3.05) is 6.54 Å². The Hall–Kier alpha value is -2.11. The Morgan fingerprint density at radius 1 is 1.39 bits per heavy atom. The zero-order valence-electron chi connectivity index (χ0n) is 10.6. The van der Waals surface area contributed by atoms with E-state index in [1.165, 1.54) is 0 Å². The minimum Gasteiger partial charge on any atom is -0.389 e. The van der Waals surface area contributed by atoms with Gasteiger partial charge in [-0.1, -0.05) is 13.8 Å². The van der Waals surface area contributed by atoms with Crippen LogP contribution in [0.5, 0.6) is 0 Å². The third kappa shape index (κ3) is 4.82. The van der Waals surface area contributed by atoms with Gasteiger partial charge in [-0.25, -0.2) is 4.79 Å². The lowest BCUT2D eigenvalue weighted by atomic mass is 10.2. The largest absolute Gasteiger partial charge is 0.409 e. The highest BCUT2D eigenvalue weighted by atomic mass is 16.6. The van der Waals surface area contributed by atoms with E-state index in [0.29, 0.717) is 18.0 Å². The quantitative estimate of drug-likeness (QED) is 0.744. The molecule has 6 heteroatoms. The van der Waals surface area contributed by atoms with E-state index in [2.05, 4.69) is 10.1 Å². The summed E-state index contributed by atoms with van der Waals surface area (Å²) in [6.45, 7) is 4.72. The van der Waals surface area contributed by atoms with Crippen molar-refractivity contribution >= 4 is 12.0 Å². The zero-order valence-corrected chi connectivity index (χ0v) is 10.6. The molecule has 0 unspecified atom stereocenters. The molecule has 0 fully saturated rings. The van der Waals surface area contributed by atoms with Gasteiger partial charge in [0.2, 0.25) is 0 Å². The SMILES string of the molecule is CC(C)CNC(=O)c1cc[n+](COC(N)=O)cc1. The number of nitrogens with zero attached hydrogens (tertiary/aromatic N) is 1. The Morgan fingerprint density at radius 3 is 2.50 bits per heavy atom. The number of nitrogens with one attached hydrogen (secondary N) is 1. The van der Waals surface area contributed by atoms with Gasteiger partial charge in [0, 0.05) is 18.7 Å². The second kappa shape index (κ2) is 6.58. The molecule has 6 nitrogen and oxygen atoms in total. The number of ether oxygens (including phenoxy) is 1. The minimum absolute atomic E-state index is 0.0310. The lowest BCUT2D eigenvalue weighted by Crippen LogP contribution is -2.37. The molecule has 0 aliphatic rings. The molecule has 0 atom stereocenters. The maximum Gasteiger partial charge on any atom is 0.409 e. The Balaban J connectivity index is 2.53. The molecule has 98 valence electrons. The number of carbonyl (C=O) groups is 2. The molecule has 0 saturated carbocycles. The standard InChI is InChI=1S/C12H17N3O3/c1-9(2)7-14-11(16)10-3-5-15(6-4-10)8-18-12(13)17/h3-6,9H,7-8H2,1-2H3,(H2-,13,14,16,17)/p+1. The molecular formula is C12H18N3O3+. The van der Waals surface area contributed by atoms with E-state index in [0.717, 1.165) is 0 Å². The summed E-state index contributed by atoms with van der Waals surface area (Å²) in [5.74, 6) is 0.290. The molecular weight excluding hydrogens is 234 g/mol. The van der Waals surface area contributed by atoms with E-state index in [-0.39, 0.29) is 12.6 Å². The summed E-state index contributed by atoms with van der Waals surface area (Å²) in [5, 5.41) is 2.81. The van der Waals surface area contributed by atoms with Crippen LogP contribution in [0.3, 0.4) is 0 Å². The fraction of sp³-hybridized carbons (Fsp3) is 0.417. The van der Waals surface area contributed by atoms with Gasteiger partial charge < -0.3 is 15.8 Å². The van der Waals surface area contributed by atoms with Crippen LogP contribution in [0.2, 0.25) is 0 Å². The molecule has 1 aromatic heterocycles. The summed E-state index contributed by atoms with van der Waals surface area (Å²) in [7, 11) is 0. The first-order valence-corrected chi connectivity index (χ1v) is 5.68. The van der Waals surface area contributed by atoms with Crippen molar-refractivity contribution in [2.24, 2.45) is 11.7 Å². The Kier molecular flexibility index (Phi) is 5.10. The third-order valence-electron chi connectivity index (χ3n) is 2.18. The molecule has 18 heavy (non-hydrogen) atoms. The normalized spacial score (nSPS) is 10.2. The fourth-order valence-corrected chi connectivity index (χ4v) is 1.23. The molecule has 1 rings (SSSR count). The Labute approximate surface area is 106 Å². The van der Waals surface area contributed by atoms with Crippen LogP contribution in [-0.2, 0) is 11.5 Å². The molecule has 0 bridgehead atoms. The van der Waals surface area contributed by atoms with E-state index in [1.807, 2.05) is 13.8 Å². The topological polar surface area (TPSA) is 85.3 Å². The molecule has 0 aliphatic heterocycles. The maximum absolute atomic E-state index is 11.7. The highest BCUT2D eigenvalue weighted by molar-refractivity contribution is 5.93. The zero-order chi connectivity index (χ0) is 13.5. The van der Waals surface area contributed by atoms with Crippen molar-refractivity contribution in [3.05, 3.63) is 30.1 Å². The van der Waals surface area contributed by atoms with E-state index in [4.69, 9.17) is 5.73 Å². The summed E-state index contributed by atoms with van der Waals surface area (Å²) in [6.07, 6.45) is 2.46. The first-order chi connectivity index (χ1) is 8.49. The number of aromatic nitrogens is 1. The van der Waals surface area contributed by atoms with Gasteiger partial charge in [0.1, 0.15) is 0 Å². The van der Waals surface area contributed by atoms with Crippen molar-refractivity contribution in [1.82, 2.24) is 5.32 Å². The van der Waals surface area contributed by atoms with Crippen LogP contribution in [0.1, 0.15) is 24.2 Å². The number of nitrogens with two attached hydrogens (primary N) is 1. The minimum atomic E-state index is -0.832. The Bertz CT molecular complexity index is 415. The first kappa shape index (κ1) is 14.0. The second-order valence-corrected chi connectivity index (χ2v) is 4.30. The highest BCUT2D eigenvalue weighted by Crippen LogP contribution is 1.96. The van der Waals surface area contributed by atoms with Gasteiger partial charge in [0.15, 0.2) is 12.4 Å². The van der Waals surface area contributed by atoms with Gasteiger partial charge in [-0.2, -0.15) is 4.57 Å². The van der Waals surface area contributed by atoms with E-state index < -0.39 is 6.09 Å². The van der Waals surface area contributed by atoms with Crippen LogP contribution in [-0.4, -0.2) is 18.5 Å². The van der Waals surface area contributed by atoms with Crippen LogP contribution in [0.15, 0.2) is 24.5 Å². The van der Waals surface area contributed by atoms with Crippen LogP contribution in [0, 0.1) is 5.92 Å². The molecule has 1 heterocycles. The maximum atomic E-state index is 11.7. The number of pyridine rings is 1. The van der Waals surface area contributed by atoms with Gasteiger partial charge >= 0.3 is 6.09 Å². The number of rotatable bonds is 5. The van der Waals surface area contributed by atoms with Crippen molar-refractivity contribution in [3.8, 4) is 0 Å². The summed E-state index contributed by atoms with van der Waals surface area (Å²) in [4.78, 5) is 22.1. The summed E-state index contributed by atoms with van der Waals surface area (Å²) in [5.41, 5.74) is 5.41. The number of amides is 2. The van der Waals surface area contributed by atoms with Gasteiger partial charge in [-0.3, -0.25) is 4.79 Å². The predicted molar refractivity (Wildman–Crippen MR) is 64.5 cm³/mol.